The van der Waals surface area contributed by atoms with Crippen LogP contribution in [0.2, 0.25) is 0 Å². The smallest absolute Gasteiger partial charge is 0.240 e. The van der Waals surface area contributed by atoms with E-state index in [0.717, 1.165) is 0 Å². The van der Waals surface area contributed by atoms with E-state index in [1.807, 2.05) is 26.8 Å². The lowest BCUT2D eigenvalue weighted by atomic mass is 10.1. The molecule has 1 aromatic carbocycles. The first kappa shape index (κ1) is 15.7. The van der Waals surface area contributed by atoms with Crippen LogP contribution in [-0.2, 0) is 9.59 Å². The molecule has 5 heteroatoms. The molecule has 0 heterocycles. The lowest BCUT2D eigenvalue weighted by Gasteiger charge is -2.25. The van der Waals surface area contributed by atoms with E-state index < -0.39 is 0 Å². The molecule has 0 radical (unpaired) electrons. The van der Waals surface area contributed by atoms with Crippen molar-refractivity contribution in [2.45, 2.75) is 33.2 Å². The topological polar surface area (TPSA) is 73.2 Å². The quantitative estimate of drug-likeness (QED) is 0.913. The van der Waals surface area contributed by atoms with Crippen molar-refractivity contribution >= 4 is 17.5 Å². The zero-order chi connectivity index (χ0) is 15.3. The Morgan fingerprint density at radius 2 is 1.80 bits per heavy atom. The lowest BCUT2D eigenvalue weighted by molar-refractivity contribution is -0.124. The molecule has 0 aliphatic rings. The maximum atomic E-state index is 11.9. The monoisotopic (exact) mass is 273 g/mol. The minimum atomic E-state index is -0.343. The third-order valence-corrected chi connectivity index (χ3v) is 2.50. The number of amides is 2. The third kappa shape index (κ3) is 4.73. The molecule has 1 rings (SSSR count). The van der Waals surface area contributed by atoms with Crippen molar-refractivity contribution in [1.29, 1.82) is 5.26 Å². The largest absolute Gasteiger partial charge is 0.350 e. The van der Waals surface area contributed by atoms with Gasteiger partial charge >= 0.3 is 0 Å². The van der Waals surface area contributed by atoms with Gasteiger partial charge in [-0.2, -0.15) is 5.26 Å². The van der Waals surface area contributed by atoms with E-state index in [1.54, 1.807) is 24.3 Å². The molecule has 0 aliphatic carbocycles. The summed E-state index contributed by atoms with van der Waals surface area (Å²) in [5.74, 6) is -0.448. The molecule has 0 atom stereocenters. The van der Waals surface area contributed by atoms with E-state index in [4.69, 9.17) is 5.26 Å². The normalized spacial score (nSPS) is 10.6. The van der Waals surface area contributed by atoms with E-state index >= 15 is 0 Å². The summed E-state index contributed by atoms with van der Waals surface area (Å²) in [7, 11) is 0. The van der Waals surface area contributed by atoms with Crippen LogP contribution in [0.25, 0.3) is 0 Å². The van der Waals surface area contributed by atoms with Gasteiger partial charge in [-0.1, -0.05) is 0 Å². The Labute approximate surface area is 119 Å². The summed E-state index contributed by atoms with van der Waals surface area (Å²) < 4.78 is 0. The molecular weight excluding hydrogens is 254 g/mol. The molecule has 0 saturated carbocycles. The van der Waals surface area contributed by atoms with Crippen LogP contribution < -0.4 is 10.2 Å². The minimum absolute atomic E-state index is 0.0432. The second kappa shape index (κ2) is 6.20. The number of hydrogen-bond donors (Lipinski definition) is 1. The van der Waals surface area contributed by atoms with Crippen LogP contribution in [0.15, 0.2) is 24.3 Å². The van der Waals surface area contributed by atoms with Gasteiger partial charge in [-0.05, 0) is 45.0 Å². The van der Waals surface area contributed by atoms with Gasteiger partial charge in [0.2, 0.25) is 11.8 Å². The van der Waals surface area contributed by atoms with Gasteiger partial charge < -0.3 is 10.2 Å². The maximum Gasteiger partial charge on any atom is 0.240 e. The standard InChI is InChI=1S/C15H19N3O2/c1-11(19)18(10-14(20)17-15(2,3)4)13-7-5-12(9-16)6-8-13/h5-8H,10H2,1-4H3,(H,17,20). The zero-order valence-corrected chi connectivity index (χ0v) is 12.2. The highest BCUT2D eigenvalue weighted by molar-refractivity contribution is 5.97. The highest BCUT2D eigenvalue weighted by atomic mass is 16.2. The second-order valence-corrected chi connectivity index (χ2v) is 5.56. The first-order valence-electron chi connectivity index (χ1n) is 6.32. The zero-order valence-electron chi connectivity index (χ0n) is 12.2. The fourth-order valence-electron chi connectivity index (χ4n) is 1.70. The van der Waals surface area contributed by atoms with Gasteiger partial charge in [0.1, 0.15) is 6.54 Å². The molecule has 0 bridgehead atoms. The summed E-state index contributed by atoms with van der Waals surface area (Å²) in [5, 5.41) is 11.6. The second-order valence-electron chi connectivity index (χ2n) is 5.56. The van der Waals surface area contributed by atoms with Crippen molar-refractivity contribution in [3.05, 3.63) is 29.8 Å². The predicted molar refractivity (Wildman–Crippen MR) is 77.1 cm³/mol. The van der Waals surface area contributed by atoms with Crippen molar-refractivity contribution < 1.29 is 9.59 Å². The van der Waals surface area contributed by atoms with Crippen molar-refractivity contribution in [3.63, 3.8) is 0 Å². The van der Waals surface area contributed by atoms with Gasteiger partial charge in [-0.3, -0.25) is 9.59 Å². The van der Waals surface area contributed by atoms with Crippen LogP contribution in [0, 0.1) is 11.3 Å². The molecule has 1 N–H and O–H groups in total. The average molecular weight is 273 g/mol. The van der Waals surface area contributed by atoms with E-state index in [-0.39, 0.29) is 23.9 Å². The first-order chi connectivity index (χ1) is 9.23. The molecule has 0 aromatic heterocycles. The summed E-state index contributed by atoms with van der Waals surface area (Å²) in [6.07, 6.45) is 0. The number of hydrogen-bond acceptors (Lipinski definition) is 3. The Hall–Kier alpha value is -2.35. The number of nitrogens with zero attached hydrogens (tertiary/aromatic N) is 2. The van der Waals surface area contributed by atoms with Gasteiger partial charge in [-0.25, -0.2) is 0 Å². The number of nitriles is 1. The number of benzene rings is 1. The van der Waals surface area contributed by atoms with Crippen molar-refractivity contribution in [2.75, 3.05) is 11.4 Å². The maximum absolute atomic E-state index is 11.9. The predicted octanol–water partition coefficient (Wildman–Crippen LogP) is 1.83. The molecule has 2 amide bonds. The summed E-state index contributed by atoms with van der Waals surface area (Å²) >= 11 is 0. The average Bonchev–Trinajstić information content (AvgIpc) is 2.34. The Kier molecular flexibility index (Phi) is 4.87. The SMILES string of the molecule is CC(=O)N(CC(=O)NC(C)(C)C)c1ccc(C#N)cc1. The Morgan fingerprint density at radius 3 is 2.20 bits per heavy atom. The third-order valence-electron chi connectivity index (χ3n) is 2.50. The van der Waals surface area contributed by atoms with E-state index in [9.17, 15) is 9.59 Å². The molecule has 0 aliphatic heterocycles. The summed E-state index contributed by atoms with van der Waals surface area (Å²) in [4.78, 5) is 25.0. The molecule has 0 unspecified atom stereocenters. The molecule has 0 fully saturated rings. The molecule has 1 aromatic rings. The summed E-state index contributed by atoms with van der Waals surface area (Å²) in [6.45, 7) is 7.00. The van der Waals surface area contributed by atoms with Crippen molar-refractivity contribution in [2.24, 2.45) is 0 Å². The minimum Gasteiger partial charge on any atom is -0.350 e. The first-order valence-corrected chi connectivity index (χ1v) is 6.32. The lowest BCUT2D eigenvalue weighted by Crippen LogP contribution is -2.47. The molecule has 0 saturated heterocycles. The Balaban J connectivity index is 2.87. The number of carbonyl (C=O) groups is 2. The number of nitrogens with one attached hydrogen (secondary N) is 1. The van der Waals surface area contributed by atoms with Gasteiger partial charge in [0.05, 0.1) is 11.6 Å². The highest BCUT2D eigenvalue weighted by Gasteiger charge is 2.19. The Morgan fingerprint density at radius 1 is 1.25 bits per heavy atom. The van der Waals surface area contributed by atoms with Crippen LogP contribution in [0.4, 0.5) is 5.69 Å². The van der Waals surface area contributed by atoms with Crippen LogP contribution >= 0.6 is 0 Å². The van der Waals surface area contributed by atoms with Crippen molar-refractivity contribution in [1.82, 2.24) is 5.32 Å². The number of rotatable bonds is 3. The molecule has 20 heavy (non-hydrogen) atoms. The van der Waals surface area contributed by atoms with Crippen molar-refractivity contribution in [3.8, 4) is 6.07 Å². The summed E-state index contributed by atoms with van der Waals surface area (Å²) in [6, 6.07) is 8.56. The number of carbonyl (C=O) groups excluding carboxylic acids is 2. The van der Waals surface area contributed by atoms with Crippen LogP contribution in [0.5, 0.6) is 0 Å². The van der Waals surface area contributed by atoms with E-state index in [1.165, 1.54) is 11.8 Å². The van der Waals surface area contributed by atoms with Gasteiger partial charge in [0.15, 0.2) is 0 Å². The fourth-order valence-corrected chi connectivity index (χ4v) is 1.70. The molecule has 0 spiro atoms. The fraction of sp³-hybridized carbons (Fsp3) is 0.400. The van der Waals surface area contributed by atoms with Gasteiger partial charge in [0.25, 0.3) is 0 Å². The van der Waals surface area contributed by atoms with Gasteiger partial charge in [0, 0.05) is 18.2 Å². The van der Waals surface area contributed by atoms with E-state index in [2.05, 4.69) is 5.32 Å². The van der Waals surface area contributed by atoms with Crippen LogP contribution in [-0.4, -0.2) is 23.9 Å². The number of anilines is 1. The van der Waals surface area contributed by atoms with E-state index in [0.29, 0.717) is 11.3 Å². The Bertz CT molecular complexity index is 536. The molecular formula is C15H19N3O2. The van der Waals surface area contributed by atoms with Crippen LogP contribution in [0.3, 0.4) is 0 Å². The summed E-state index contributed by atoms with van der Waals surface area (Å²) in [5.41, 5.74) is 0.765. The molecule has 106 valence electrons. The van der Waals surface area contributed by atoms with Gasteiger partial charge in [-0.15, -0.1) is 0 Å². The molecule has 5 nitrogen and oxygen atoms in total. The highest BCUT2D eigenvalue weighted by Crippen LogP contribution is 2.15. The van der Waals surface area contributed by atoms with Crippen LogP contribution in [0.1, 0.15) is 33.3 Å².